The summed E-state index contributed by atoms with van der Waals surface area (Å²) >= 11 is 0. The van der Waals surface area contributed by atoms with Crippen molar-refractivity contribution in [3.63, 3.8) is 0 Å². The first kappa shape index (κ1) is 16.2. The minimum atomic E-state index is -0.521. The third-order valence-electron chi connectivity index (χ3n) is 4.38. The third-order valence-corrected chi connectivity index (χ3v) is 4.38. The van der Waals surface area contributed by atoms with Gasteiger partial charge in [0, 0.05) is 18.7 Å². The Bertz CT molecular complexity index is 897. The molecule has 0 saturated carbocycles. The number of pyridine rings is 1. The second kappa shape index (κ2) is 6.95. The number of carbonyl (C=O) groups excluding carboxylic acids is 1. The van der Waals surface area contributed by atoms with E-state index in [-0.39, 0.29) is 11.8 Å². The van der Waals surface area contributed by atoms with E-state index in [1.807, 2.05) is 0 Å². The molecule has 4 heterocycles. The Hall–Kier alpha value is -3.23. The molecule has 1 amide bonds. The van der Waals surface area contributed by atoms with E-state index in [2.05, 4.69) is 25.4 Å². The number of aromatic nitrogens is 6. The van der Waals surface area contributed by atoms with Crippen molar-refractivity contribution in [1.29, 1.82) is 0 Å². The molecular formula is C17H16FN7O. The van der Waals surface area contributed by atoms with Crippen molar-refractivity contribution in [2.75, 3.05) is 11.4 Å². The molecule has 26 heavy (non-hydrogen) atoms. The van der Waals surface area contributed by atoms with E-state index in [1.165, 1.54) is 17.1 Å². The fraction of sp³-hybridized carbons (Fsp3) is 0.294. The Balaban J connectivity index is 1.51. The Morgan fingerprint density at radius 2 is 2.08 bits per heavy atom. The molecule has 132 valence electrons. The average molecular weight is 353 g/mol. The smallest absolute Gasteiger partial charge is 0.231 e. The Morgan fingerprint density at radius 3 is 2.85 bits per heavy atom. The van der Waals surface area contributed by atoms with Gasteiger partial charge in [-0.3, -0.25) is 9.69 Å². The summed E-state index contributed by atoms with van der Waals surface area (Å²) in [4.78, 5) is 19.6. The number of carbonyl (C=O) groups is 1. The van der Waals surface area contributed by atoms with Crippen LogP contribution in [0.1, 0.15) is 18.4 Å². The number of anilines is 1. The van der Waals surface area contributed by atoms with Gasteiger partial charge in [-0.25, -0.2) is 4.98 Å². The molecule has 4 rings (SSSR count). The SMILES string of the molecule is O=C1C(Cc2ccc(F)nc2)CCCN1c1cnn(-c2ccnnc2)n1. The summed E-state index contributed by atoms with van der Waals surface area (Å²) in [6.07, 6.45) is 8.34. The lowest BCUT2D eigenvalue weighted by Gasteiger charge is -2.30. The summed E-state index contributed by atoms with van der Waals surface area (Å²) < 4.78 is 13.0. The molecule has 0 aliphatic carbocycles. The molecule has 1 fully saturated rings. The average Bonchev–Trinajstić information content (AvgIpc) is 3.16. The summed E-state index contributed by atoms with van der Waals surface area (Å²) in [5.74, 6) is -0.189. The minimum absolute atomic E-state index is 0.000443. The number of hydrogen-bond donors (Lipinski definition) is 0. The van der Waals surface area contributed by atoms with Crippen LogP contribution in [0.2, 0.25) is 0 Å². The number of rotatable bonds is 4. The Labute approximate surface area is 148 Å². The van der Waals surface area contributed by atoms with Crippen molar-refractivity contribution in [2.45, 2.75) is 19.3 Å². The van der Waals surface area contributed by atoms with E-state index in [0.717, 1.165) is 18.4 Å². The van der Waals surface area contributed by atoms with Gasteiger partial charge in [0.15, 0.2) is 5.82 Å². The first-order valence-electron chi connectivity index (χ1n) is 8.32. The molecule has 9 heteroatoms. The van der Waals surface area contributed by atoms with Crippen LogP contribution in [0.25, 0.3) is 5.69 Å². The summed E-state index contributed by atoms with van der Waals surface area (Å²) in [7, 11) is 0. The van der Waals surface area contributed by atoms with Gasteiger partial charge in [-0.15, -0.1) is 9.90 Å². The summed E-state index contributed by atoms with van der Waals surface area (Å²) in [6.45, 7) is 0.601. The molecule has 1 saturated heterocycles. The van der Waals surface area contributed by atoms with Gasteiger partial charge in [-0.2, -0.15) is 19.7 Å². The van der Waals surface area contributed by atoms with Crippen molar-refractivity contribution in [1.82, 2.24) is 30.2 Å². The van der Waals surface area contributed by atoms with Crippen LogP contribution < -0.4 is 4.90 Å². The highest BCUT2D eigenvalue weighted by molar-refractivity contribution is 5.94. The first-order valence-corrected chi connectivity index (χ1v) is 8.32. The molecule has 0 aromatic carbocycles. The molecule has 0 N–H and O–H groups in total. The topological polar surface area (TPSA) is 89.7 Å². The van der Waals surface area contributed by atoms with Gasteiger partial charge in [0.1, 0.15) is 5.69 Å². The van der Waals surface area contributed by atoms with Crippen molar-refractivity contribution in [3.05, 3.63) is 54.5 Å². The van der Waals surface area contributed by atoms with Crippen molar-refractivity contribution < 1.29 is 9.18 Å². The van der Waals surface area contributed by atoms with Gasteiger partial charge in [-0.1, -0.05) is 6.07 Å². The van der Waals surface area contributed by atoms with Crippen LogP contribution in [0, 0.1) is 11.9 Å². The van der Waals surface area contributed by atoms with Crippen molar-refractivity contribution in [3.8, 4) is 5.69 Å². The highest BCUT2D eigenvalue weighted by Gasteiger charge is 2.31. The molecule has 0 bridgehead atoms. The second-order valence-corrected chi connectivity index (χ2v) is 6.12. The monoisotopic (exact) mass is 353 g/mol. The molecule has 0 radical (unpaired) electrons. The lowest BCUT2D eigenvalue weighted by Crippen LogP contribution is -2.42. The molecule has 1 unspecified atom stereocenters. The number of amides is 1. The molecule has 1 aliphatic rings. The van der Waals surface area contributed by atoms with Gasteiger partial charge in [-0.05, 0) is 37.0 Å². The van der Waals surface area contributed by atoms with Gasteiger partial charge in [0.05, 0.1) is 18.6 Å². The normalized spacial score (nSPS) is 17.5. The van der Waals surface area contributed by atoms with Crippen LogP contribution in [0.5, 0.6) is 0 Å². The van der Waals surface area contributed by atoms with Gasteiger partial charge < -0.3 is 0 Å². The second-order valence-electron chi connectivity index (χ2n) is 6.12. The van der Waals surface area contributed by atoms with E-state index < -0.39 is 5.95 Å². The summed E-state index contributed by atoms with van der Waals surface area (Å²) in [6, 6.07) is 4.72. The number of hydrogen-bond acceptors (Lipinski definition) is 6. The number of piperidine rings is 1. The molecule has 8 nitrogen and oxygen atoms in total. The summed E-state index contributed by atoms with van der Waals surface area (Å²) in [5.41, 5.74) is 1.52. The van der Waals surface area contributed by atoms with E-state index in [0.29, 0.717) is 24.5 Å². The predicted molar refractivity (Wildman–Crippen MR) is 89.9 cm³/mol. The van der Waals surface area contributed by atoms with Crippen LogP contribution >= 0.6 is 0 Å². The molecular weight excluding hydrogens is 337 g/mol. The zero-order valence-corrected chi connectivity index (χ0v) is 13.9. The minimum Gasteiger partial charge on any atom is -0.294 e. The van der Waals surface area contributed by atoms with Crippen molar-refractivity contribution in [2.24, 2.45) is 5.92 Å². The maximum absolute atomic E-state index is 13.0. The largest absolute Gasteiger partial charge is 0.294 e. The molecule has 1 atom stereocenters. The molecule has 3 aromatic rings. The Morgan fingerprint density at radius 1 is 1.15 bits per heavy atom. The highest BCUT2D eigenvalue weighted by Crippen LogP contribution is 2.25. The van der Waals surface area contributed by atoms with Gasteiger partial charge in [0.2, 0.25) is 11.9 Å². The maximum atomic E-state index is 13.0. The van der Waals surface area contributed by atoms with Crippen LogP contribution in [-0.4, -0.2) is 42.6 Å². The fourth-order valence-corrected chi connectivity index (χ4v) is 3.08. The first-order chi connectivity index (χ1) is 12.7. The Kier molecular flexibility index (Phi) is 4.34. The van der Waals surface area contributed by atoms with E-state index in [4.69, 9.17) is 0 Å². The van der Waals surface area contributed by atoms with E-state index >= 15 is 0 Å². The van der Waals surface area contributed by atoms with Gasteiger partial charge in [0.25, 0.3) is 0 Å². The standard InChI is InChI=1S/C17H16FN7O/c18-15-4-3-12(9-19-15)8-13-2-1-7-24(17(13)26)16-11-22-25(23-16)14-5-6-20-21-10-14/h3-6,9-11,13H,1-2,7-8H2. The fourth-order valence-electron chi connectivity index (χ4n) is 3.08. The van der Waals surface area contributed by atoms with Crippen LogP contribution in [0.4, 0.5) is 10.2 Å². The summed E-state index contributed by atoms with van der Waals surface area (Å²) in [5, 5.41) is 16.1. The maximum Gasteiger partial charge on any atom is 0.231 e. The lowest BCUT2D eigenvalue weighted by molar-refractivity contribution is -0.123. The molecule has 0 spiro atoms. The predicted octanol–water partition coefficient (Wildman–Crippen LogP) is 1.58. The van der Waals surface area contributed by atoms with Gasteiger partial charge >= 0.3 is 0 Å². The number of halogens is 1. The van der Waals surface area contributed by atoms with Crippen LogP contribution in [0.3, 0.4) is 0 Å². The zero-order valence-electron chi connectivity index (χ0n) is 13.9. The quantitative estimate of drug-likeness (QED) is 0.662. The lowest BCUT2D eigenvalue weighted by atomic mass is 9.91. The third kappa shape index (κ3) is 3.28. The molecule has 1 aliphatic heterocycles. The van der Waals surface area contributed by atoms with Crippen molar-refractivity contribution >= 4 is 11.7 Å². The van der Waals surface area contributed by atoms with Crippen LogP contribution in [0.15, 0.2) is 43.0 Å². The molecule has 3 aromatic heterocycles. The van der Waals surface area contributed by atoms with E-state index in [9.17, 15) is 9.18 Å². The zero-order chi connectivity index (χ0) is 17.9. The highest BCUT2D eigenvalue weighted by atomic mass is 19.1. The van der Waals surface area contributed by atoms with E-state index in [1.54, 1.807) is 35.6 Å². The van der Waals surface area contributed by atoms with Crippen LogP contribution in [-0.2, 0) is 11.2 Å². The number of nitrogens with zero attached hydrogens (tertiary/aromatic N) is 7.